The Balaban J connectivity index is 1.34. The summed E-state index contributed by atoms with van der Waals surface area (Å²) in [4.78, 5) is 21.3. The Bertz CT molecular complexity index is 1080. The molecule has 4 rings (SSSR count). The van der Waals surface area contributed by atoms with E-state index in [9.17, 15) is 9.90 Å². The summed E-state index contributed by atoms with van der Waals surface area (Å²) in [7, 11) is 0. The quantitative estimate of drug-likeness (QED) is 0.622. The smallest absolute Gasteiger partial charge is 0.410 e. The molecule has 0 unspecified atom stereocenters. The van der Waals surface area contributed by atoms with E-state index < -0.39 is 11.7 Å². The van der Waals surface area contributed by atoms with E-state index in [1.807, 2.05) is 50.6 Å². The topological polar surface area (TPSA) is 91.6 Å². The molecule has 36 heavy (non-hydrogen) atoms. The van der Waals surface area contributed by atoms with Crippen molar-refractivity contribution < 1.29 is 19.4 Å². The van der Waals surface area contributed by atoms with Crippen LogP contribution >= 0.6 is 0 Å². The molecule has 9 nitrogen and oxygen atoms in total. The lowest BCUT2D eigenvalue weighted by Crippen LogP contribution is -2.52. The van der Waals surface area contributed by atoms with Gasteiger partial charge in [0.25, 0.3) is 0 Å². The number of rotatable bonds is 6. The van der Waals surface area contributed by atoms with E-state index >= 15 is 0 Å². The second-order valence-electron chi connectivity index (χ2n) is 11.1. The van der Waals surface area contributed by atoms with Gasteiger partial charge in [-0.25, -0.2) is 9.78 Å². The number of hydrogen-bond donors (Lipinski definition) is 2. The fourth-order valence-electron chi connectivity index (χ4n) is 4.85. The van der Waals surface area contributed by atoms with Gasteiger partial charge in [-0.05, 0) is 64.7 Å². The van der Waals surface area contributed by atoms with Gasteiger partial charge in [0, 0.05) is 38.4 Å². The third-order valence-electron chi connectivity index (χ3n) is 6.75. The van der Waals surface area contributed by atoms with Crippen LogP contribution in [0.5, 0.6) is 0 Å². The van der Waals surface area contributed by atoms with Gasteiger partial charge in [-0.3, -0.25) is 4.40 Å². The molecule has 0 bridgehead atoms. The minimum absolute atomic E-state index is 0.0105. The van der Waals surface area contributed by atoms with E-state index in [-0.39, 0.29) is 12.2 Å². The first-order chi connectivity index (χ1) is 17.0. The Kier molecular flexibility index (Phi) is 7.92. The number of aromatic nitrogens is 2. The number of aliphatic hydroxyl groups is 1. The summed E-state index contributed by atoms with van der Waals surface area (Å²) < 4.78 is 13.5. The van der Waals surface area contributed by atoms with E-state index in [0.29, 0.717) is 25.7 Å². The monoisotopic (exact) mass is 499 g/mol. The molecule has 2 fully saturated rings. The van der Waals surface area contributed by atoms with Crippen molar-refractivity contribution in [2.75, 3.05) is 44.6 Å². The number of likely N-dealkylation sites (tertiary alicyclic amines) is 1. The molecule has 2 aromatic heterocycles. The van der Waals surface area contributed by atoms with E-state index in [1.54, 1.807) is 11.8 Å². The number of imidazole rings is 1. The van der Waals surface area contributed by atoms with Crippen LogP contribution < -0.4 is 5.32 Å². The Hall–Kier alpha value is -2.62. The molecule has 1 amide bonds. The number of carbonyl (C=O) groups is 1. The summed E-state index contributed by atoms with van der Waals surface area (Å²) in [6, 6.07) is 2.31. The number of fused-ring (bicyclic) bond motifs is 1. The van der Waals surface area contributed by atoms with E-state index in [0.717, 1.165) is 60.6 Å². The minimum atomic E-state index is -0.576. The fraction of sp³-hybridized carbons (Fsp3) is 0.630. The van der Waals surface area contributed by atoms with Crippen LogP contribution in [0.4, 0.5) is 10.5 Å². The van der Waals surface area contributed by atoms with Crippen molar-refractivity contribution in [2.45, 2.75) is 71.3 Å². The third-order valence-corrected chi connectivity index (χ3v) is 6.75. The van der Waals surface area contributed by atoms with Gasteiger partial charge in [0.05, 0.1) is 42.9 Å². The lowest BCUT2D eigenvalue weighted by molar-refractivity contribution is -0.0538. The number of pyridine rings is 1. The van der Waals surface area contributed by atoms with Crippen LogP contribution in [0.3, 0.4) is 0 Å². The van der Waals surface area contributed by atoms with Crippen LogP contribution in [0.1, 0.15) is 64.8 Å². The largest absolute Gasteiger partial charge is 0.444 e. The van der Waals surface area contributed by atoms with E-state index in [2.05, 4.69) is 21.8 Å². The van der Waals surface area contributed by atoms with Crippen molar-refractivity contribution in [1.29, 1.82) is 0 Å². The Morgan fingerprint density at radius 3 is 2.69 bits per heavy atom. The SMILES string of the molecule is C=C(C)c1cnc2c(NC3CCN(C[C@@H]4CN(C(=O)OC(C)(C)C)CCO4)CC3)cc([C@@H](C)O)cn12. The van der Waals surface area contributed by atoms with Crippen LogP contribution in [-0.4, -0.2) is 87.5 Å². The molecule has 2 N–H and O–H groups in total. The zero-order valence-corrected chi connectivity index (χ0v) is 22.3. The first-order valence-corrected chi connectivity index (χ1v) is 12.9. The number of anilines is 1. The molecule has 2 aromatic rings. The van der Waals surface area contributed by atoms with Crippen molar-refractivity contribution in [3.63, 3.8) is 0 Å². The number of ether oxygens (including phenoxy) is 2. The van der Waals surface area contributed by atoms with E-state index in [1.165, 1.54) is 0 Å². The maximum absolute atomic E-state index is 12.5. The number of nitrogens with one attached hydrogen (secondary N) is 1. The van der Waals surface area contributed by atoms with Gasteiger partial charge in [0.2, 0.25) is 0 Å². The molecule has 0 aliphatic carbocycles. The summed E-state index contributed by atoms with van der Waals surface area (Å²) in [6.07, 6.45) is 4.90. The summed E-state index contributed by atoms with van der Waals surface area (Å²) in [5.74, 6) is 0. The van der Waals surface area contributed by atoms with Gasteiger partial charge in [0.1, 0.15) is 5.60 Å². The summed E-state index contributed by atoms with van der Waals surface area (Å²) in [6.45, 7) is 17.8. The number of piperidine rings is 1. The number of carbonyl (C=O) groups excluding carboxylic acids is 1. The van der Waals surface area contributed by atoms with Gasteiger partial charge in [-0.1, -0.05) is 6.58 Å². The highest BCUT2D eigenvalue weighted by atomic mass is 16.6. The van der Waals surface area contributed by atoms with Gasteiger partial charge in [-0.15, -0.1) is 0 Å². The van der Waals surface area contributed by atoms with Crippen LogP contribution in [0.15, 0.2) is 25.0 Å². The van der Waals surface area contributed by atoms with Crippen molar-refractivity contribution in [3.05, 3.63) is 36.3 Å². The average Bonchev–Trinajstić information content (AvgIpc) is 3.24. The highest BCUT2D eigenvalue weighted by molar-refractivity contribution is 5.73. The van der Waals surface area contributed by atoms with Crippen LogP contribution in [-0.2, 0) is 9.47 Å². The Labute approximate surface area is 214 Å². The zero-order chi connectivity index (χ0) is 26.0. The van der Waals surface area contributed by atoms with Gasteiger partial charge in [-0.2, -0.15) is 0 Å². The first-order valence-electron chi connectivity index (χ1n) is 12.9. The molecule has 2 atom stereocenters. The van der Waals surface area contributed by atoms with Crippen LogP contribution in [0.2, 0.25) is 0 Å². The molecule has 0 saturated carbocycles. The Morgan fingerprint density at radius 1 is 1.33 bits per heavy atom. The Morgan fingerprint density at radius 2 is 2.06 bits per heavy atom. The number of morpholine rings is 1. The maximum atomic E-state index is 12.5. The summed E-state index contributed by atoms with van der Waals surface area (Å²) in [5, 5.41) is 13.9. The number of nitrogens with zero attached hydrogens (tertiary/aromatic N) is 4. The minimum Gasteiger partial charge on any atom is -0.444 e. The van der Waals surface area contributed by atoms with Crippen molar-refractivity contribution in [2.24, 2.45) is 0 Å². The van der Waals surface area contributed by atoms with Crippen molar-refractivity contribution >= 4 is 23.0 Å². The molecule has 198 valence electrons. The molecule has 2 aliphatic rings. The summed E-state index contributed by atoms with van der Waals surface area (Å²) in [5.41, 5.74) is 3.99. The molecule has 2 aliphatic heterocycles. The molecular formula is C27H41N5O4. The predicted molar refractivity (Wildman–Crippen MR) is 141 cm³/mol. The van der Waals surface area contributed by atoms with Crippen LogP contribution in [0, 0.1) is 0 Å². The second kappa shape index (κ2) is 10.8. The number of allylic oxidation sites excluding steroid dienone is 1. The second-order valence-corrected chi connectivity index (χ2v) is 11.1. The van der Waals surface area contributed by atoms with Gasteiger partial charge >= 0.3 is 6.09 Å². The maximum Gasteiger partial charge on any atom is 0.410 e. The number of amides is 1. The highest BCUT2D eigenvalue weighted by Crippen LogP contribution is 2.28. The standard InChI is InChI=1S/C27H41N5O4/c1-18(2)24-14-28-25-23(13-20(19(3)33)15-32(24)25)29-21-7-9-30(10-8-21)16-22-17-31(11-12-35-22)26(34)36-27(4,5)6/h13-15,19,21-22,29,33H,1,7-12,16-17H2,2-6H3/t19-,22-/m1/s1. The molecular weight excluding hydrogens is 458 g/mol. The van der Waals surface area contributed by atoms with Crippen LogP contribution in [0.25, 0.3) is 11.2 Å². The lowest BCUT2D eigenvalue weighted by atomic mass is 10.0. The molecule has 0 radical (unpaired) electrons. The third kappa shape index (κ3) is 6.38. The normalized spacial score (nSPS) is 20.9. The van der Waals surface area contributed by atoms with Gasteiger partial charge < -0.3 is 29.7 Å². The van der Waals surface area contributed by atoms with Gasteiger partial charge in [0.15, 0.2) is 5.65 Å². The zero-order valence-electron chi connectivity index (χ0n) is 22.3. The molecule has 2 saturated heterocycles. The fourth-order valence-corrected chi connectivity index (χ4v) is 4.85. The highest BCUT2D eigenvalue weighted by Gasteiger charge is 2.30. The molecule has 0 spiro atoms. The predicted octanol–water partition coefficient (Wildman–Crippen LogP) is 3.93. The first kappa shape index (κ1) is 26.4. The average molecular weight is 500 g/mol. The van der Waals surface area contributed by atoms with Crippen molar-refractivity contribution in [3.8, 4) is 0 Å². The lowest BCUT2D eigenvalue weighted by Gasteiger charge is -2.38. The number of aliphatic hydroxyl groups excluding tert-OH is 1. The van der Waals surface area contributed by atoms with E-state index in [4.69, 9.17) is 9.47 Å². The molecule has 0 aromatic carbocycles. The summed E-state index contributed by atoms with van der Waals surface area (Å²) >= 11 is 0. The van der Waals surface area contributed by atoms with Crippen molar-refractivity contribution in [1.82, 2.24) is 19.2 Å². The molecule has 9 heteroatoms. The number of hydrogen-bond acceptors (Lipinski definition) is 7. The molecule has 4 heterocycles.